The fourth-order valence-corrected chi connectivity index (χ4v) is 3.08. The van der Waals surface area contributed by atoms with Gasteiger partial charge in [0, 0.05) is 37.7 Å². The van der Waals surface area contributed by atoms with Crippen molar-refractivity contribution < 1.29 is 18.7 Å². The Hall–Kier alpha value is -2.51. The van der Waals surface area contributed by atoms with Gasteiger partial charge in [-0.25, -0.2) is 9.37 Å². The molecule has 1 fully saturated rings. The first-order chi connectivity index (χ1) is 13.1. The van der Waals surface area contributed by atoms with E-state index in [1.165, 1.54) is 0 Å². The summed E-state index contributed by atoms with van der Waals surface area (Å²) in [6, 6.07) is 8.93. The predicted molar refractivity (Wildman–Crippen MR) is 101 cm³/mol. The second-order valence-electron chi connectivity index (χ2n) is 6.54. The quantitative estimate of drug-likeness (QED) is 0.842. The Bertz CT molecular complexity index is 832. The number of hydrogen-bond donors (Lipinski definition) is 1. The molecule has 2 N–H and O–H groups in total. The molecule has 6 nitrogen and oxygen atoms in total. The highest BCUT2D eigenvalue weighted by atomic mass is 19.1. The highest BCUT2D eigenvalue weighted by molar-refractivity contribution is 5.95. The zero-order valence-corrected chi connectivity index (χ0v) is 15.4. The van der Waals surface area contributed by atoms with E-state index >= 15 is 0 Å². The maximum absolute atomic E-state index is 12.7. The third-order valence-corrected chi connectivity index (χ3v) is 4.78. The van der Waals surface area contributed by atoms with Crippen molar-refractivity contribution in [2.45, 2.75) is 18.9 Å². The van der Waals surface area contributed by atoms with E-state index < -0.39 is 0 Å². The van der Waals surface area contributed by atoms with Crippen molar-refractivity contribution in [1.29, 1.82) is 0 Å². The van der Waals surface area contributed by atoms with E-state index in [4.69, 9.17) is 15.2 Å². The van der Waals surface area contributed by atoms with Gasteiger partial charge in [0.05, 0.1) is 18.0 Å². The molecule has 1 aliphatic heterocycles. The van der Waals surface area contributed by atoms with Crippen molar-refractivity contribution in [2.24, 2.45) is 5.73 Å². The number of rotatable bonds is 6. The van der Waals surface area contributed by atoms with Crippen LogP contribution in [0, 0.1) is 0 Å². The zero-order chi connectivity index (χ0) is 19.2. The number of methoxy groups -OCH3 is 1. The number of halogens is 1. The molecule has 0 unspecified atom stereocenters. The Morgan fingerprint density at radius 2 is 2.11 bits per heavy atom. The van der Waals surface area contributed by atoms with Gasteiger partial charge < -0.3 is 20.1 Å². The van der Waals surface area contributed by atoms with Gasteiger partial charge in [-0.3, -0.25) is 4.79 Å². The lowest BCUT2D eigenvalue weighted by atomic mass is 10.1. The molecule has 144 valence electrons. The van der Waals surface area contributed by atoms with Gasteiger partial charge in [-0.2, -0.15) is 0 Å². The van der Waals surface area contributed by atoms with Crippen molar-refractivity contribution in [3.8, 4) is 5.75 Å². The standard InChI is InChI=1S/C20H24FN3O3/c1-26-16-6-8-24(9-7-16)20(25)19-4-2-15-10-17(3-5-18(15)23-19)27-13-14(11-21)12-22/h2-5,10-11,16H,6-9,12-13,22H2,1H3/b14-11+. The molecule has 0 atom stereocenters. The van der Waals surface area contributed by atoms with Crippen molar-refractivity contribution in [3.63, 3.8) is 0 Å². The van der Waals surface area contributed by atoms with Gasteiger partial charge in [-0.15, -0.1) is 0 Å². The molecule has 1 amide bonds. The number of pyridine rings is 1. The largest absolute Gasteiger partial charge is 0.489 e. The summed E-state index contributed by atoms with van der Waals surface area (Å²) in [6.07, 6.45) is 2.38. The van der Waals surface area contributed by atoms with Crippen LogP contribution in [0.15, 0.2) is 42.2 Å². The second-order valence-corrected chi connectivity index (χ2v) is 6.54. The molecule has 0 aliphatic carbocycles. The molecule has 0 bridgehead atoms. The van der Waals surface area contributed by atoms with Gasteiger partial charge in [-0.1, -0.05) is 6.07 Å². The SMILES string of the molecule is COC1CCN(C(=O)c2ccc3cc(OC/C(=C/F)CN)ccc3n2)CC1. The molecule has 1 saturated heterocycles. The first-order valence-corrected chi connectivity index (χ1v) is 8.98. The number of ether oxygens (including phenoxy) is 2. The lowest BCUT2D eigenvalue weighted by molar-refractivity contribution is 0.0348. The molecule has 27 heavy (non-hydrogen) atoms. The zero-order valence-electron chi connectivity index (χ0n) is 15.4. The van der Waals surface area contributed by atoms with Crippen LogP contribution < -0.4 is 10.5 Å². The summed E-state index contributed by atoms with van der Waals surface area (Å²) in [5.74, 6) is 0.533. The number of nitrogens with two attached hydrogens (primary N) is 1. The number of amides is 1. The van der Waals surface area contributed by atoms with Gasteiger partial charge >= 0.3 is 0 Å². The average molecular weight is 373 g/mol. The Morgan fingerprint density at radius 1 is 1.33 bits per heavy atom. The Kier molecular flexibility index (Phi) is 6.36. The van der Waals surface area contributed by atoms with Crippen LogP contribution in [-0.4, -0.2) is 55.2 Å². The molecular weight excluding hydrogens is 349 g/mol. The van der Waals surface area contributed by atoms with E-state index in [1.807, 2.05) is 17.0 Å². The van der Waals surface area contributed by atoms with Crippen molar-refractivity contribution in [2.75, 3.05) is 33.4 Å². The molecule has 1 aromatic carbocycles. The van der Waals surface area contributed by atoms with E-state index in [0.29, 0.717) is 42.0 Å². The predicted octanol–water partition coefficient (Wildman–Crippen LogP) is 2.68. The highest BCUT2D eigenvalue weighted by Gasteiger charge is 2.24. The number of benzene rings is 1. The third-order valence-electron chi connectivity index (χ3n) is 4.78. The lowest BCUT2D eigenvalue weighted by Gasteiger charge is -2.31. The van der Waals surface area contributed by atoms with Crippen LogP contribution in [0.4, 0.5) is 4.39 Å². The topological polar surface area (TPSA) is 77.7 Å². The summed E-state index contributed by atoms with van der Waals surface area (Å²) >= 11 is 0. The molecule has 1 aromatic heterocycles. The molecule has 0 radical (unpaired) electrons. The van der Waals surface area contributed by atoms with E-state index in [1.54, 1.807) is 25.3 Å². The lowest BCUT2D eigenvalue weighted by Crippen LogP contribution is -2.40. The summed E-state index contributed by atoms with van der Waals surface area (Å²) < 4.78 is 23.4. The summed E-state index contributed by atoms with van der Waals surface area (Å²) in [5.41, 5.74) is 6.94. The molecule has 3 rings (SSSR count). The number of fused-ring (bicyclic) bond motifs is 1. The maximum Gasteiger partial charge on any atom is 0.272 e. The molecule has 1 aliphatic rings. The van der Waals surface area contributed by atoms with Crippen LogP contribution in [0.3, 0.4) is 0 Å². The average Bonchev–Trinajstić information content (AvgIpc) is 2.73. The van der Waals surface area contributed by atoms with Gasteiger partial charge in [0.15, 0.2) is 0 Å². The highest BCUT2D eigenvalue weighted by Crippen LogP contribution is 2.22. The van der Waals surface area contributed by atoms with Crippen LogP contribution >= 0.6 is 0 Å². The normalized spacial score (nSPS) is 16.0. The van der Waals surface area contributed by atoms with E-state index in [9.17, 15) is 9.18 Å². The molecule has 7 heteroatoms. The Balaban J connectivity index is 1.70. The maximum atomic E-state index is 12.7. The van der Waals surface area contributed by atoms with Crippen LogP contribution in [0.5, 0.6) is 5.75 Å². The van der Waals surface area contributed by atoms with Gasteiger partial charge in [0.1, 0.15) is 18.1 Å². The first kappa shape index (κ1) is 19.3. The van der Waals surface area contributed by atoms with Crippen LogP contribution in [-0.2, 0) is 4.74 Å². The fraction of sp³-hybridized carbons (Fsp3) is 0.400. The number of nitrogens with zero attached hydrogens (tertiary/aromatic N) is 2. The number of hydrogen-bond acceptors (Lipinski definition) is 5. The van der Waals surface area contributed by atoms with E-state index in [0.717, 1.165) is 18.2 Å². The monoisotopic (exact) mass is 373 g/mol. The molecule has 2 aromatic rings. The molecule has 0 spiro atoms. The van der Waals surface area contributed by atoms with Gasteiger partial charge in [0.2, 0.25) is 0 Å². The van der Waals surface area contributed by atoms with Crippen molar-refractivity contribution in [1.82, 2.24) is 9.88 Å². The number of likely N-dealkylation sites (tertiary alicyclic amines) is 1. The second kappa shape index (κ2) is 8.92. The molecular formula is C20H24FN3O3. The molecule has 2 heterocycles. The summed E-state index contributed by atoms with van der Waals surface area (Å²) in [7, 11) is 1.70. The van der Waals surface area contributed by atoms with E-state index in [-0.39, 0.29) is 25.2 Å². The van der Waals surface area contributed by atoms with Crippen LogP contribution in [0.2, 0.25) is 0 Å². The summed E-state index contributed by atoms with van der Waals surface area (Å²) in [6.45, 7) is 1.56. The smallest absolute Gasteiger partial charge is 0.272 e. The van der Waals surface area contributed by atoms with E-state index in [2.05, 4.69) is 4.98 Å². The number of piperidine rings is 1. The minimum atomic E-state index is -0.0625. The Labute approximate surface area is 157 Å². The number of carbonyl (C=O) groups excluding carboxylic acids is 1. The fourth-order valence-electron chi connectivity index (χ4n) is 3.08. The minimum Gasteiger partial charge on any atom is -0.489 e. The Morgan fingerprint density at radius 3 is 2.78 bits per heavy atom. The first-order valence-electron chi connectivity index (χ1n) is 8.98. The van der Waals surface area contributed by atoms with Crippen LogP contribution in [0.25, 0.3) is 10.9 Å². The van der Waals surface area contributed by atoms with Crippen LogP contribution in [0.1, 0.15) is 23.3 Å². The minimum absolute atomic E-state index is 0.0625. The number of aromatic nitrogens is 1. The number of carbonyl (C=O) groups is 1. The van der Waals surface area contributed by atoms with Crippen molar-refractivity contribution >= 4 is 16.8 Å². The van der Waals surface area contributed by atoms with Crippen molar-refractivity contribution in [3.05, 3.63) is 47.9 Å². The molecule has 0 saturated carbocycles. The summed E-state index contributed by atoms with van der Waals surface area (Å²) in [4.78, 5) is 19.0. The summed E-state index contributed by atoms with van der Waals surface area (Å²) in [5, 5.41) is 0.848. The van der Waals surface area contributed by atoms with Gasteiger partial charge in [0.25, 0.3) is 5.91 Å². The third kappa shape index (κ3) is 4.61. The van der Waals surface area contributed by atoms with Gasteiger partial charge in [-0.05, 0) is 37.1 Å².